The van der Waals surface area contributed by atoms with Gasteiger partial charge in [-0.2, -0.15) is 0 Å². The molecule has 3 aromatic rings. The molecule has 1 aliphatic heterocycles. The lowest BCUT2D eigenvalue weighted by Gasteiger charge is -2.25. The van der Waals surface area contributed by atoms with Crippen molar-refractivity contribution in [1.82, 2.24) is 4.90 Å². The molecule has 2 N–H and O–H groups in total. The summed E-state index contributed by atoms with van der Waals surface area (Å²) in [5, 5.41) is 6.06. The minimum absolute atomic E-state index is 0.273. The number of carbonyl (C=O) groups is 2. The van der Waals surface area contributed by atoms with Gasteiger partial charge < -0.3 is 15.5 Å². The van der Waals surface area contributed by atoms with E-state index in [0.29, 0.717) is 27.4 Å². The van der Waals surface area contributed by atoms with Gasteiger partial charge in [0.25, 0.3) is 11.8 Å². The van der Waals surface area contributed by atoms with E-state index in [9.17, 15) is 9.59 Å². The predicted molar refractivity (Wildman–Crippen MR) is 126 cm³/mol. The van der Waals surface area contributed by atoms with Crippen molar-refractivity contribution in [2.45, 2.75) is 13.0 Å². The summed E-state index contributed by atoms with van der Waals surface area (Å²) in [6.07, 6.45) is 0.906. The Labute approximate surface area is 187 Å². The second-order valence-electron chi connectivity index (χ2n) is 7.69. The van der Waals surface area contributed by atoms with E-state index in [4.69, 9.17) is 19.4 Å². The van der Waals surface area contributed by atoms with Crippen molar-refractivity contribution in [3.05, 3.63) is 87.9 Å². The van der Waals surface area contributed by atoms with Crippen molar-refractivity contribution in [1.29, 1.82) is 0 Å². The maximum atomic E-state index is 12.9. The first kappa shape index (κ1) is 21.2. The number of rotatable bonds is 4. The Hall–Kier alpha value is -3.09. The molecule has 0 spiro atoms. The predicted octanol–water partition coefficient (Wildman–Crippen LogP) is 3.63. The third-order valence-corrected chi connectivity index (χ3v) is 5.55. The number of nitrogens with zero attached hydrogens (tertiary/aromatic N) is 1. The lowest BCUT2D eigenvalue weighted by atomic mass is 9.96. The van der Waals surface area contributed by atoms with Crippen LogP contribution in [0.4, 0.5) is 11.4 Å². The van der Waals surface area contributed by atoms with Gasteiger partial charge >= 0.3 is 0 Å². The number of carbonyl (C=O) groups excluding carboxylic acids is 2. The number of nitrogens with one attached hydrogen (secondary N) is 2. The Morgan fingerprint density at radius 2 is 1.71 bits per heavy atom. The number of hydrogen-bond acceptors (Lipinski definition) is 3. The van der Waals surface area contributed by atoms with Crippen LogP contribution in [0.1, 0.15) is 31.8 Å². The quantitative estimate of drug-likeness (QED) is 0.623. The fraction of sp³-hybridized carbons (Fsp3) is 0.167. The third kappa shape index (κ3) is 4.98. The summed E-state index contributed by atoms with van der Waals surface area (Å²) in [6.45, 7) is 1.84. The molecule has 7 heteroatoms. The van der Waals surface area contributed by atoms with Gasteiger partial charge in [0.2, 0.25) is 0 Å². The highest BCUT2D eigenvalue weighted by Gasteiger charge is 2.18. The summed E-state index contributed by atoms with van der Waals surface area (Å²) in [4.78, 5) is 28.0. The maximum Gasteiger partial charge on any atom is 0.257 e. The Balaban J connectivity index is 1.55. The van der Waals surface area contributed by atoms with E-state index in [1.54, 1.807) is 36.4 Å². The molecule has 0 bridgehead atoms. The highest BCUT2D eigenvalue weighted by atomic mass is 35.5. The molecule has 154 valence electrons. The highest BCUT2D eigenvalue weighted by molar-refractivity contribution is 6.32. The number of likely N-dealkylation sites (N-methyl/N-ethyl adjacent to an activating group) is 1. The molecule has 2 amide bonds. The van der Waals surface area contributed by atoms with E-state index in [2.05, 4.69) is 22.6 Å². The average molecular weight is 430 g/mol. The zero-order valence-electron chi connectivity index (χ0n) is 17.1. The van der Waals surface area contributed by atoms with Crippen molar-refractivity contribution in [2.24, 2.45) is 0 Å². The molecule has 3 aromatic carbocycles. The molecule has 1 heterocycles. The first-order valence-electron chi connectivity index (χ1n) is 9.97. The third-order valence-electron chi connectivity index (χ3n) is 5.31. The largest absolute Gasteiger partial charge is 0.322 e. The van der Waals surface area contributed by atoms with Crippen molar-refractivity contribution in [3.8, 4) is 0 Å². The SMILES string of the molecule is [B]c1ccc(NC(=O)c2cc(Cl)ccc2NC(=O)c2ccc3c(c2)CCN(C)C3)cc1. The maximum absolute atomic E-state index is 12.9. The molecule has 0 fully saturated rings. The van der Waals surface area contributed by atoms with Crippen LogP contribution in [0.5, 0.6) is 0 Å². The summed E-state index contributed by atoms with van der Waals surface area (Å²) >= 11 is 6.12. The number of hydrogen-bond donors (Lipinski definition) is 2. The Morgan fingerprint density at radius 1 is 0.935 bits per heavy atom. The summed E-state index contributed by atoms with van der Waals surface area (Å²) in [5.74, 6) is -0.651. The average Bonchev–Trinajstić information content (AvgIpc) is 2.76. The molecule has 0 aromatic heterocycles. The molecule has 0 aliphatic carbocycles. The summed E-state index contributed by atoms with van der Waals surface area (Å²) in [7, 11) is 7.78. The molecule has 0 atom stereocenters. The molecule has 5 nitrogen and oxygen atoms in total. The topological polar surface area (TPSA) is 61.4 Å². The second kappa shape index (κ2) is 8.96. The molecule has 0 saturated carbocycles. The van der Waals surface area contributed by atoms with Gasteiger partial charge in [0.15, 0.2) is 0 Å². The fourth-order valence-corrected chi connectivity index (χ4v) is 3.78. The molecule has 0 unspecified atom stereocenters. The van der Waals surface area contributed by atoms with Gasteiger partial charge in [0.1, 0.15) is 7.85 Å². The molecule has 1 aliphatic rings. The molecule has 4 rings (SSSR count). The van der Waals surface area contributed by atoms with Gasteiger partial charge in [-0.3, -0.25) is 9.59 Å². The van der Waals surface area contributed by atoms with Crippen LogP contribution in [-0.2, 0) is 13.0 Å². The first-order valence-corrected chi connectivity index (χ1v) is 10.3. The van der Waals surface area contributed by atoms with Crippen LogP contribution < -0.4 is 16.1 Å². The van der Waals surface area contributed by atoms with Gasteiger partial charge in [-0.15, -0.1) is 0 Å². The van der Waals surface area contributed by atoms with Crippen molar-refractivity contribution in [2.75, 3.05) is 24.2 Å². The number of fused-ring (bicyclic) bond motifs is 1. The second-order valence-corrected chi connectivity index (χ2v) is 8.13. The zero-order valence-corrected chi connectivity index (χ0v) is 17.9. The lowest BCUT2D eigenvalue weighted by Crippen LogP contribution is -2.27. The molecule has 2 radical (unpaired) electrons. The van der Waals surface area contributed by atoms with Crippen LogP contribution >= 0.6 is 11.6 Å². The monoisotopic (exact) mass is 429 g/mol. The van der Waals surface area contributed by atoms with E-state index in [1.165, 1.54) is 17.2 Å². The van der Waals surface area contributed by atoms with E-state index in [1.807, 2.05) is 18.2 Å². The Morgan fingerprint density at radius 3 is 2.48 bits per heavy atom. The number of amides is 2. The van der Waals surface area contributed by atoms with Crippen LogP contribution in [0, 0.1) is 0 Å². The van der Waals surface area contributed by atoms with E-state index in [0.717, 1.165) is 19.5 Å². The number of halogens is 1. The fourth-order valence-electron chi connectivity index (χ4n) is 3.61. The molecule has 31 heavy (non-hydrogen) atoms. The standard InChI is InChI=1S/C24H21BClN3O2/c1-29-11-10-15-12-16(2-3-17(15)14-29)23(30)28-22-9-6-19(26)13-21(22)24(31)27-20-7-4-18(25)5-8-20/h2-9,12-13H,10-11,14H2,1H3,(H,27,31)(H,28,30). The van der Waals surface area contributed by atoms with E-state index >= 15 is 0 Å². The van der Waals surface area contributed by atoms with Gasteiger partial charge in [-0.05, 0) is 67.1 Å². The van der Waals surface area contributed by atoms with Crippen LogP contribution in [0.3, 0.4) is 0 Å². The van der Waals surface area contributed by atoms with Crippen LogP contribution in [0.2, 0.25) is 5.02 Å². The lowest BCUT2D eigenvalue weighted by molar-refractivity contribution is 0.102. The smallest absolute Gasteiger partial charge is 0.257 e. The van der Waals surface area contributed by atoms with Crippen LogP contribution in [-0.4, -0.2) is 38.2 Å². The van der Waals surface area contributed by atoms with Crippen molar-refractivity contribution in [3.63, 3.8) is 0 Å². The number of benzene rings is 3. The Bertz CT molecular complexity index is 1150. The Kier molecular flexibility index (Phi) is 6.12. The van der Waals surface area contributed by atoms with Crippen LogP contribution in [0.25, 0.3) is 0 Å². The minimum Gasteiger partial charge on any atom is -0.322 e. The van der Waals surface area contributed by atoms with E-state index < -0.39 is 0 Å². The van der Waals surface area contributed by atoms with Gasteiger partial charge in [-0.25, -0.2) is 0 Å². The minimum atomic E-state index is -0.379. The summed E-state index contributed by atoms with van der Waals surface area (Å²) in [5.41, 5.74) is 4.84. The van der Waals surface area contributed by atoms with E-state index in [-0.39, 0.29) is 17.4 Å². The van der Waals surface area contributed by atoms with Crippen molar-refractivity contribution < 1.29 is 9.59 Å². The number of anilines is 2. The first-order chi connectivity index (χ1) is 14.9. The van der Waals surface area contributed by atoms with Crippen LogP contribution in [0.15, 0.2) is 60.7 Å². The normalized spacial score (nSPS) is 13.4. The summed E-state index contributed by atoms with van der Waals surface area (Å²) < 4.78 is 0. The van der Waals surface area contributed by atoms with Gasteiger partial charge in [-0.1, -0.05) is 35.3 Å². The molecule has 0 saturated heterocycles. The zero-order chi connectivity index (χ0) is 22.0. The molecular formula is C24H21BClN3O2. The summed E-state index contributed by atoms with van der Waals surface area (Å²) in [6, 6.07) is 17.4. The molecular weight excluding hydrogens is 409 g/mol. The van der Waals surface area contributed by atoms with Gasteiger partial charge in [0.05, 0.1) is 11.3 Å². The van der Waals surface area contributed by atoms with Crippen molar-refractivity contribution >= 4 is 48.1 Å². The highest BCUT2D eigenvalue weighted by Crippen LogP contribution is 2.24. The van der Waals surface area contributed by atoms with Gasteiger partial charge in [0, 0.05) is 29.4 Å².